The Kier molecular flexibility index (Phi) is 6.71. The van der Waals surface area contributed by atoms with Gasteiger partial charge in [0.2, 0.25) is 15.9 Å². The Morgan fingerprint density at radius 3 is 2.45 bits per heavy atom. The predicted octanol–water partition coefficient (Wildman–Crippen LogP) is 3.06. The van der Waals surface area contributed by atoms with E-state index in [1.54, 1.807) is 6.07 Å². The van der Waals surface area contributed by atoms with E-state index < -0.39 is 15.8 Å². The number of hydrogen-bond donors (Lipinski definition) is 2. The number of carbonyl (C=O) groups excluding carboxylic acids is 1. The van der Waals surface area contributed by atoms with Gasteiger partial charge in [0.25, 0.3) is 0 Å². The molecule has 0 radical (unpaired) electrons. The average molecular weight is 421 g/mol. The van der Waals surface area contributed by atoms with Gasteiger partial charge in [-0.1, -0.05) is 6.42 Å². The summed E-state index contributed by atoms with van der Waals surface area (Å²) >= 11 is 0. The molecule has 0 aromatic heterocycles. The van der Waals surface area contributed by atoms with Gasteiger partial charge in [-0.3, -0.25) is 4.79 Å². The average Bonchev–Trinajstić information content (AvgIpc) is 2.74. The number of halogens is 1. The molecule has 3 rings (SSSR count). The third kappa shape index (κ3) is 5.24. The minimum atomic E-state index is -3.60. The molecule has 0 saturated carbocycles. The first-order valence-corrected chi connectivity index (χ1v) is 10.8. The van der Waals surface area contributed by atoms with Crippen LogP contribution in [0.2, 0.25) is 0 Å². The van der Waals surface area contributed by atoms with E-state index in [1.807, 2.05) is 0 Å². The minimum absolute atomic E-state index is 0.110. The van der Waals surface area contributed by atoms with E-state index in [2.05, 4.69) is 10.6 Å². The van der Waals surface area contributed by atoms with Crippen LogP contribution in [0.3, 0.4) is 0 Å². The molecule has 29 heavy (non-hydrogen) atoms. The number of rotatable bonds is 7. The van der Waals surface area contributed by atoms with Gasteiger partial charge in [-0.15, -0.1) is 0 Å². The van der Waals surface area contributed by atoms with E-state index in [4.69, 9.17) is 4.74 Å². The van der Waals surface area contributed by atoms with Crippen LogP contribution in [0.25, 0.3) is 0 Å². The van der Waals surface area contributed by atoms with E-state index in [-0.39, 0.29) is 17.3 Å². The molecule has 1 heterocycles. The number of nitrogens with one attached hydrogen (secondary N) is 2. The van der Waals surface area contributed by atoms with Crippen LogP contribution in [0.1, 0.15) is 19.3 Å². The molecule has 2 N–H and O–H groups in total. The highest BCUT2D eigenvalue weighted by molar-refractivity contribution is 7.89. The highest BCUT2D eigenvalue weighted by Crippen LogP contribution is 2.29. The van der Waals surface area contributed by atoms with Crippen molar-refractivity contribution in [3.8, 4) is 5.75 Å². The first-order valence-electron chi connectivity index (χ1n) is 9.37. The first-order chi connectivity index (χ1) is 13.9. The number of nitrogens with zero attached hydrogens (tertiary/aromatic N) is 1. The molecule has 2 aromatic carbocycles. The van der Waals surface area contributed by atoms with Crippen LogP contribution in [-0.4, -0.2) is 45.4 Å². The maximum atomic E-state index is 13.0. The van der Waals surface area contributed by atoms with Gasteiger partial charge in [0.05, 0.1) is 24.2 Å². The van der Waals surface area contributed by atoms with Gasteiger partial charge in [0.1, 0.15) is 11.6 Å². The molecule has 0 bridgehead atoms. The molecule has 0 unspecified atom stereocenters. The lowest BCUT2D eigenvalue weighted by Crippen LogP contribution is -2.35. The highest BCUT2D eigenvalue weighted by atomic mass is 32.2. The zero-order valence-electron chi connectivity index (χ0n) is 16.2. The number of benzene rings is 2. The fraction of sp³-hybridized carbons (Fsp3) is 0.350. The molecule has 1 aliphatic rings. The van der Waals surface area contributed by atoms with Gasteiger partial charge in [-0.05, 0) is 55.3 Å². The Hall–Kier alpha value is -2.65. The zero-order chi connectivity index (χ0) is 20.9. The molecule has 7 nitrogen and oxygen atoms in total. The number of sulfonamides is 1. The fourth-order valence-electron chi connectivity index (χ4n) is 3.15. The number of carbonyl (C=O) groups is 1. The molecule has 1 amide bonds. The molecule has 0 aliphatic carbocycles. The predicted molar refractivity (Wildman–Crippen MR) is 109 cm³/mol. The molecule has 1 fully saturated rings. The van der Waals surface area contributed by atoms with E-state index in [1.165, 1.54) is 47.8 Å². The molecule has 9 heteroatoms. The maximum absolute atomic E-state index is 13.0. The third-order valence-corrected chi connectivity index (χ3v) is 6.59. The summed E-state index contributed by atoms with van der Waals surface area (Å²) in [6.45, 7) is 0.912. The first kappa shape index (κ1) is 21.1. The van der Waals surface area contributed by atoms with Crippen molar-refractivity contribution < 1.29 is 22.3 Å². The summed E-state index contributed by atoms with van der Waals surface area (Å²) in [5.41, 5.74) is 0.867. The number of ether oxygens (including phenoxy) is 1. The largest absolute Gasteiger partial charge is 0.495 e. The molecule has 156 valence electrons. The quantitative estimate of drug-likeness (QED) is 0.718. The minimum Gasteiger partial charge on any atom is -0.495 e. The second-order valence-corrected chi connectivity index (χ2v) is 8.67. The van der Waals surface area contributed by atoms with Crippen LogP contribution in [0.4, 0.5) is 15.8 Å². The molecule has 0 atom stereocenters. The Morgan fingerprint density at radius 2 is 1.79 bits per heavy atom. The van der Waals surface area contributed by atoms with Crippen LogP contribution in [0, 0.1) is 5.82 Å². The smallest absolute Gasteiger partial charge is 0.243 e. The van der Waals surface area contributed by atoms with Crippen molar-refractivity contribution in [3.05, 3.63) is 48.3 Å². The summed E-state index contributed by atoms with van der Waals surface area (Å²) in [6.07, 6.45) is 2.73. The van der Waals surface area contributed by atoms with E-state index >= 15 is 0 Å². The number of amides is 1. The Balaban J connectivity index is 1.71. The van der Waals surface area contributed by atoms with Crippen molar-refractivity contribution >= 4 is 27.3 Å². The second kappa shape index (κ2) is 9.23. The van der Waals surface area contributed by atoms with Gasteiger partial charge in [-0.2, -0.15) is 4.31 Å². The van der Waals surface area contributed by atoms with Crippen molar-refractivity contribution in [2.75, 3.05) is 37.4 Å². The lowest BCUT2D eigenvalue weighted by molar-refractivity contribution is -0.114. The van der Waals surface area contributed by atoms with Crippen molar-refractivity contribution in [1.29, 1.82) is 0 Å². The summed E-state index contributed by atoms with van der Waals surface area (Å²) in [7, 11) is -2.13. The zero-order valence-corrected chi connectivity index (χ0v) is 17.0. The summed E-state index contributed by atoms with van der Waals surface area (Å²) in [5, 5.41) is 5.55. The number of methoxy groups -OCH3 is 1. The number of piperidine rings is 1. The van der Waals surface area contributed by atoms with Crippen molar-refractivity contribution in [2.24, 2.45) is 0 Å². The highest BCUT2D eigenvalue weighted by Gasteiger charge is 2.26. The van der Waals surface area contributed by atoms with Gasteiger partial charge < -0.3 is 15.4 Å². The van der Waals surface area contributed by atoms with E-state index in [0.29, 0.717) is 30.2 Å². The summed E-state index contributed by atoms with van der Waals surface area (Å²) in [4.78, 5) is 12.3. The monoisotopic (exact) mass is 421 g/mol. The van der Waals surface area contributed by atoms with Gasteiger partial charge in [-0.25, -0.2) is 12.8 Å². The summed E-state index contributed by atoms with van der Waals surface area (Å²) in [5.74, 6) is -0.322. The lowest BCUT2D eigenvalue weighted by atomic mass is 10.2. The summed E-state index contributed by atoms with van der Waals surface area (Å²) < 4.78 is 45.5. The van der Waals surface area contributed by atoms with E-state index in [0.717, 1.165) is 19.3 Å². The number of anilines is 2. The van der Waals surface area contributed by atoms with E-state index in [9.17, 15) is 17.6 Å². The van der Waals surface area contributed by atoms with Crippen LogP contribution in [-0.2, 0) is 14.8 Å². The van der Waals surface area contributed by atoms with Crippen LogP contribution < -0.4 is 15.4 Å². The Bertz CT molecular complexity index is 958. The summed E-state index contributed by atoms with van der Waals surface area (Å²) in [6, 6.07) is 9.97. The Labute approximate surface area is 169 Å². The van der Waals surface area contributed by atoms with Gasteiger partial charge in [0.15, 0.2) is 0 Å². The van der Waals surface area contributed by atoms with Crippen LogP contribution in [0.5, 0.6) is 5.75 Å². The standard InChI is InChI=1S/C20H24FN3O4S/c1-28-19-10-9-17(29(26,27)24-11-3-2-4-12-24)13-18(19)22-14-20(25)23-16-7-5-15(21)6-8-16/h5-10,13,22H,2-4,11-12,14H2,1H3,(H,23,25). The van der Waals surface area contributed by atoms with Gasteiger partial charge in [0, 0.05) is 18.8 Å². The molecule has 0 spiro atoms. The molecular weight excluding hydrogens is 397 g/mol. The van der Waals surface area contributed by atoms with Crippen molar-refractivity contribution in [3.63, 3.8) is 0 Å². The molecule has 1 aliphatic heterocycles. The van der Waals surface area contributed by atoms with Gasteiger partial charge >= 0.3 is 0 Å². The molecular formula is C20H24FN3O4S. The van der Waals surface area contributed by atoms with Crippen LogP contribution >= 0.6 is 0 Å². The van der Waals surface area contributed by atoms with Crippen molar-refractivity contribution in [1.82, 2.24) is 4.31 Å². The fourth-order valence-corrected chi connectivity index (χ4v) is 4.70. The SMILES string of the molecule is COc1ccc(S(=O)(=O)N2CCCCC2)cc1NCC(=O)Nc1ccc(F)cc1. The molecule has 1 saturated heterocycles. The van der Waals surface area contributed by atoms with Crippen LogP contribution in [0.15, 0.2) is 47.4 Å². The third-order valence-electron chi connectivity index (χ3n) is 4.69. The number of hydrogen-bond acceptors (Lipinski definition) is 5. The second-order valence-electron chi connectivity index (χ2n) is 6.74. The van der Waals surface area contributed by atoms with Crippen molar-refractivity contribution in [2.45, 2.75) is 24.2 Å². The molecule has 2 aromatic rings. The topological polar surface area (TPSA) is 87.7 Å². The normalized spacial score (nSPS) is 15.0. The Morgan fingerprint density at radius 1 is 1.10 bits per heavy atom. The lowest BCUT2D eigenvalue weighted by Gasteiger charge is -2.26. The maximum Gasteiger partial charge on any atom is 0.243 e.